The fourth-order valence-electron chi connectivity index (χ4n) is 9.48. The van der Waals surface area contributed by atoms with Crippen molar-refractivity contribution in [1.29, 1.82) is 0 Å². The zero-order chi connectivity index (χ0) is 33.7. The van der Waals surface area contributed by atoms with Gasteiger partial charge in [-0.05, 0) is 54.1 Å². The minimum Gasteiger partial charge on any atom is -0.456 e. The maximum absolute atomic E-state index is 6.37. The fraction of sp³-hybridized carbons (Fsp3) is 0. The quantitative estimate of drug-likeness (QED) is 0.185. The Bertz CT molecular complexity index is 3650. The fourth-order valence-corrected chi connectivity index (χ4v) is 9.48. The van der Waals surface area contributed by atoms with E-state index in [1.165, 1.54) is 71.0 Å². The molecule has 52 heavy (non-hydrogen) atoms. The van der Waals surface area contributed by atoms with Crippen molar-refractivity contribution < 1.29 is 8.83 Å². The van der Waals surface area contributed by atoms with Crippen molar-refractivity contribution in [2.24, 2.45) is 0 Å². The number of para-hydroxylation sites is 5. The van der Waals surface area contributed by atoms with E-state index >= 15 is 0 Å². The van der Waals surface area contributed by atoms with E-state index in [-0.39, 0.29) is 0 Å². The van der Waals surface area contributed by atoms with Gasteiger partial charge in [0.15, 0.2) is 0 Å². The molecular formula is C48H26N2O2. The Morgan fingerprint density at radius 2 is 0.846 bits per heavy atom. The number of hydrogen-bond donors (Lipinski definition) is 0. The first kappa shape index (κ1) is 26.8. The molecule has 4 nitrogen and oxygen atoms in total. The minimum atomic E-state index is 0.894. The lowest BCUT2D eigenvalue weighted by molar-refractivity contribution is 0.668. The van der Waals surface area contributed by atoms with Crippen molar-refractivity contribution >= 4 is 104 Å². The van der Waals surface area contributed by atoms with Crippen molar-refractivity contribution in [3.63, 3.8) is 0 Å². The second-order valence-corrected chi connectivity index (χ2v) is 14.0. The number of furan rings is 2. The Hall–Kier alpha value is -7.04. The lowest BCUT2D eigenvalue weighted by Crippen LogP contribution is -1.94. The molecule has 0 saturated carbocycles. The summed E-state index contributed by atoms with van der Waals surface area (Å²) in [5.41, 5.74) is 13.2. The number of benzene rings is 8. The van der Waals surface area contributed by atoms with Crippen molar-refractivity contribution in [2.45, 2.75) is 0 Å². The molecule has 4 heteroatoms. The van der Waals surface area contributed by atoms with Crippen LogP contribution >= 0.6 is 0 Å². The summed E-state index contributed by atoms with van der Waals surface area (Å²) in [6.07, 6.45) is 0. The highest BCUT2D eigenvalue weighted by atomic mass is 16.3. The van der Waals surface area contributed by atoms with Crippen LogP contribution in [0.5, 0.6) is 0 Å². The second kappa shape index (κ2) is 9.39. The molecule has 0 aliphatic heterocycles. The van der Waals surface area contributed by atoms with Crippen molar-refractivity contribution in [3.05, 3.63) is 158 Å². The summed E-state index contributed by atoms with van der Waals surface area (Å²) < 4.78 is 17.7. The molecule has 0 aliphatic carbocycles. The van der Waals surface area contributed by atoms with Crippen LogP contribution in [0.1, 0.15) is 0 Å². The summed E-state index contributed by atoms with van der Waals surface area (Å²) >= 11 is 0. The van der Waals surface area contributed by atoms with Gasteiger partial charge in [-0.25, -0.2) is 0 Å². The summed E-state index contributed by atoms with van der Waals surface area (Å²) in [6, 6.07) is 56.7. The van der Waals surface area contributed by atoms with Crippen LogP contribution in [0.3, 0.4) is 0 Å². The average molecular weight is 663 g/mol. The predicted octanol–water partition coefficient (Wildman–Crippen LogP) is 13.4. The third-order valence-corrected chi connectivity index (χ3v) is 11.5. The summed E-state index contributed by atoms with van der Waals surface area (Å²) in [4.78, 5) is 0. The summed E-state index contributed by atoms with van der Waals surface area (Å²) in [6.45, 7) is 0. The molecule has 13 rings (SSSR count). The third kappa shape index (κ3) is 3.15. The van der Waals surface area contributed by atoms with Gasteiger partial charge in [-0.15, -0.1) is 0 Å². The van der Waals surface area contributed by atoms with E-state index in [4.69, 9.17) is 8.83 Å². The molecule has 240 valence electrons. The van der Waals surface area contributed by atoms with Crippen LogP contribution in [-0.2, 0) is 0 Å². The first-order valence-electron chi connectivity index (χ1n) is 17.8. The van der Waals surface area contributed by atoms with Gasteiger partial charge < -0.3 is 17.8 Å². The van der Waals surface area contributed by atoms with Crippen LogP contribution in [-0.4, -0.2) is 8.97 Å². The van der Waals surface area contributed by atoms with Crippen LogP contribution in [0.2, 0.25) is 0 Å². The van der Waals surface area contributed by atoms with E-state index in [2.05, 4.69) is 155 Å². The Kier molecular flexibility index (Phi) is 4.83. The molecule has 13 aromatic rings. The van der Waals surface area contributed by atoms with E-state index in [0.29, 0.717) is 0 Å². The van der Waals surface area contributed by atoms with Crippen LogP contribution in [0.4, 0.5) is 0 Å². The van der Waals surface area contributed by atoms with Crippen molar-refractivity contribution in [3.8, 4) is 16.8 Å². The van der Waals surface area contributed by atoms with Gasteiger partial charge in [0.05, 0.1) is 38.7 Å². The third-order valence-electron chi connectivity index (χ3n) is 11.5. The first-order valence-corrected chi connectivity index (χ1v) is 17.8. The summed E-state index contributed by atoms with van der Waals surface area (Å²) in [5.74, 6) is 0. The van der Waals surface area contributed by atoms with Crippen LogP contribution in [0.15, 0.2) is 167 Å². The van der Waals surface area contributed by atoms with Gasteiger partial charge in [0.25, 0.3) is 0 Å². The summed E-state index contributed by atoms with van der Waals surface area (Å²) in [7, 11) is 0. The normalized spacial score (nSPS) is 12.6. The molecule has 5 aromatic heterocycles. The maximum atomic E-state index is 6.37. The van der Waals surface area contributed by atoms with Crippen LogP contribution in [0.25, 0.3) is 121 Å². The Morgan fingerprint density at radius 3 is 1.67 bits per heavy atom. The lowest BCUT2D eigenvalue weighted by atomic mass is 9.96. The lowest BCUT2D eigenvalue weighted by Gasteiger charge is -2.10. The van der Waals surface area contributed by atoms with Gasteiger partial charge in [-0.2, -0.15) is 0 Å². The molecule has 0 amide bonds. The number of aromatic nitrogens is 2. The zero-order valence-electron chi connectivity index (χ0n) is 27.7. The van der Waals surface area contributed by atoms with Gasteiger partial charge >= 0.3 is 0 Å². The highest BCUT2D eigenvalue weighted by molar-refractivity contribution is 6.34. The number of rotatable bonds is 2. The molecule has 0 saturated heterocycles. The number of fused-ring (bicyclic) bond motifs is 16. The molecule has 0 unspecified atom stereocenters. The van der Waals surface area contributed by atoms with Crippen LogP contribution < -0.4 is 0 Å². The van der Waals surface area contributed by atoms with Crippen molar-refractivity contribution in [1.82, 2.24) is 8.97 Å². The summed E-state index contributed by atoms with van der Waals surface area (Å²) in [5, 5.41) is 12.1. The zero-order valence-corrected chi connectivity index (χ0v) is 27.7. The van der Waals surface area contributed by atoms with E-state index < -0.39 is 0 Å². The molecule has 8 aromatic carbocycles. The Balaban J connectivity index is 1.21. The molecule has 5 heterocycles. The maximum Gasteiger partial charge on any atom is 0.137 e. The SMILES string of the molecule is c1ccc2c(c1)oc1cccc(-c3cccc4c5cccc6c7c8c9ccccc9n(-c9cccc%10oc%11ccccc%11c9%10)c8ccc7n(c34)c56)c12. The molecule has 0 aliphatic rings. The monoisotopic (exact) mass is 662 g/mol. The minimum absolute atomic E-state index is 0.894. The van der Waals surface area contributed by atoms with Crippen molar-refractivity contribution in [2.75, 3.05) is 0 Å². The molecule has 0 N–H and O–H groups in total. The van der Waals surface area contributed by atoms with E-state index in [1.807, 2.05) is 12.1 Å². The molecule has 0 spiro atoms. The molecule has 0 fully saturated rings. The molecule has 0 bridgehead atoms. The Morgan fingerprint density at radius 1 is 0.308 bits per heavy atom. The first-order chi connectivity index (χ1) is 25.8. The van der Waals surface area contributed by atoms with Gasteiger partial charge in [-0.1, -0.05) is 109 Å². The highest BCUT2D eigenvalue weighted by Crippen LogP contribution is 2.48. The number of nitrogens with zero attached hydrogens (tertiary/aromatic N) is 2. The van der Waals surface area contributed by atoms with E-state index in [0.717, 1.165) is 49.6 Å². The predicted molar refractivity (Wildman–Crippen MR) is 215 cm³/mol. The molecule has 0 atom stereocenters. The Labute approximate surface area is 295 Å². The molecular weight excluding hydrogens is 637 g/mol. The standard InChI is InChI=1S/C48H26N2O2/c1-4-19-35-31(11-1)45-37(49(35)36-20-10-24-42-44(36)33-13-3-6-22-40(33)52-42)25-26-38-46(45)34-18-8-17-30-29-16-7-15-28(47(29)50(38)48(30)34)27-14-9-23-41-43(27)32-12-2-5-21-39(32)51-41/h1-26H. The molecule has 0 radical (unpaired) electrons. The van der Waals surface area contributed by atoms with Gasteiger partial charge in [-0.3, -0.25) is 0 Å². The van der Waals surface area contributed by atoms with E-state index in [9.17, 15) is 0 Å². The van der Waals surface area contributed by atoms with Gasteiger partial charge in [0.2, 0.25) is 0 Å². The second-order valence-electron chi connectivity index (χ2n) is 14.0. The topological polar surface area (TPSA) is 35.6 Å². The number of hydrogen-bond acceptors (Lipinski definition) is 2. The van der Waals surface area contributed by atoms with Crippen LogP contribution in [0, 0.1) is 0 Å². The highest BCUT2D eigenvalue weighted by Gasteiger charge is 2.25. The largest absolute Gasteiger partial charge is 0.456 e. The van der Waals surface area contributed by atoms with Gasteiger partial charge in [0, 0.05) is 54.0 Å². The average Bonchev–Trinajstić information content (AvgIpc) is 4.00. The smallest absolute Gasteiger partial charge is 0.137 e. The van der Waals surface area contributed by atoms with Gasteiger partial charge in [0.1, 0.15) is 22.3 Å². The van der Waals surface area contributed by atoms with E-state index in [1.54, 1.807) is 0 Å².